The van der Waals surface area contributed by atoms with Crippen molar-refractivity contribution in [3.63, 3.8) is 0 Å². The summed E-state index contributed by atoms with van der Waals surface area (Å²) in [6.45, 7) is 1.40. The van der Waals surface area contributed by atoms with Gasteiger partial charge < -0.3 is 11.1 Å². The lowest BCUT2D eigenvalue weighted by molar-refractivity contribution is -0.122. The maximum atomic E-state index is 11.6. The van der Waals surface area contributed by atoms with Crippen molar-refractivity contribution in [3.05, 3.63) is 0 Å². The zero-order chi connectivity index (χ0) is 12.5. The number of thiocarbonyl (C=S) groups is 1. The van der Waals surface area contributed by atoms with Gasteiger partial charge in [0, 0.05) is 19.0 Å². The van der Waals surface area contributed by atoms with Crippen LogP contribution in [0.4, 0.5) is 0 Å². The number of amides is 1. The number of carbonyl (C=O) groups is 1. The van der Waals surface area contributed by atoms with Gasteiger partial charge in [-0.25, -0.2) is 0 Å². The van der Waals surface area contributed by atoms with E-state index in [0.29, 0.717) is 17.6 Å². The van der Waals surface area contributed by atoms with Crippen LogP contribution in [0, 0.1) is 5.41 Å². The normalized spacial score (nSPS) is 21.3. The van der Waals surface area contributed by atoms with E-state index in [1.54, 1.807) is 0 Å². The van der Waals surface area contributed by atoms with Crippen LogP contribution in [0.5, 0.6) is 0 Å². The molecule has 3 N–H and O–H groups in total. The van der Waals surface area contributed by atoms with Crippen LogP contribution in [-0.2, 0) is 4.79 Å². The van der Waals surface area contributed by atoms with Gasteiger partial charge in [-0.2, -0.15) is 0 Å². The molecule has 0 atom stereocenters. The van der Waals surface area contributed by atoms with Gasteiger partial charge in [0.25, 0.3) is 0 Å². The monoisotopic (exact) mass is 255 g/mol. The summed E-state index contributed by atoms with van der Waals surface area (Å²) >= 11 is 4.97. The Morgan fingerprint density at radius 2 is 2.18 bits per heavy atom. The van der Waals surface area contributed by atoms with Gasteiger partial charge in [-0.1, -0.05) is 12.2 Å². The van der Waals surface area contributed by atoms with Crippen molar-refractivity contribution < 1.29 is 4.79 Å². The Morgan fingerprint density at radius 1 is 1.53 bits per heavy atom. The van der Waals surface area contributed by atoms with E-state index in [0.717, 1.165) is 25.8 Å². The predicted molar refractivity (Wildman–Crippen MR) is 71.7 cm³/mol. The lowest BCUT2D eigenvalue weighted by Gasteiger charge is -2.22. The number of carbonyl (C=O) groups excluding carboxylic acids is 1. The summed E-state index contributed by atoms with van der Waals surface area (Å²) in [6.07, 6.45) is 5.45. The third kappa shape index (κ3) is 4.24. The van der Waals surface area contributed by atoms with Gasteiger partial charge in [0.2, 0.25) is 5.91 Å². The molecule has 4 nitrogen and oxygen atoms in total. The van der Waals surface area contributed by atoms with Gasteiger partial charge in [0.15, 0.2) is 0 Å². The van der Waals surface area contributed by atoms with E-state index in [2.05, 4.69) is 10.2 Å². The molecule has 96 valence electrons. The standard InChI is InChI=1S/C12H21N3OS/c1-15(7-11(16)14-9-2-3-9)8-12(4-5-12)6-10(13)17/h9H,2-8H2,1H3,(H2,13,17)(H,14,16). The van der Waals surface area contributed by atoms with Crippen molar-refractivity contribution >= 4 is 23.1 Å². The van der Waals surface area contributed by atoms with E-state index in [9.17, 15) is 4.79 Å². The average Bonchev–Trinajstić information content (AvgIpc) is 3.03. The molecule has 0 aromatic carbocycles. The third-order valence-electron chi connectivity index (χ3n) is 3.47. The maximum Gasteiger partial charge on any atom is 0.234 e. The molecule has 2 fully saturated rings. The van der Waals surface area contributed by atoms with E-state index in [4.69, 9.17) is 18.0 Å². The number of hydrogen-bond donors (Lipinski definition) is 2. The molecule has 1 amide bonds. The summed E-state index contributed by atoms with van der Waals surface area (Å²) in [6, 6.07) is 0.447. The number of rotatable bonds is 7. The quantitative estimate of drug-likeness (QED) is 0.656. The molecule has 0 radical (unpaired) electrons. The van der Waals surface area contributed by atoms with Crippen LogP contribution in [0.15, 0.2) is 0 Å². The summed E-state index contributed by atoms with van der Waals surface area (Å²) in [7, 11) is 1.99. The Bertz CT molecular complexity index is 324. The van der Waals surface area contributed by atoms with Crippen LogP contribution in [0.1, 0.15) is 32.1 Å². The molecule has 2 aliphatic rings. The van der Waals surface area contributed by atoms with Crippen LogP contribution in [-0.4, -0.2) is 42.0 Å². The fourth-order valence-electron chi connectivity index (χ4n) is 2.31. The van der Waals surface area contributed by atoms with Crippen molar-refractivity contribution in [3.8, 4) is 0 Å². The fourth-order valence-corrected chi connectivity index (χ4v) is 2.62. The molecule has 0 aromatic rings. The molecule has 0 spiro atoms. The summed E-state index contributed by atoms with van der Waals surface area (Å²) < 4.78 is 0. The number of hydrogen-bond acceptors (Lipinski definition) is 3. The van der Waals surface area contributed by atoms with Crippen LogP contribution in [0.3, 0.4) is 0 Å². The van der Waals surface area contributed by atoms with Crippen LogP contribution >= 0.6 is 12.2 Å². The molecule has 0 bridgehead atoms. The highest BCUT2D eigenvalue weighted by molar-refractivity contribution is 7.80. The third-order valence-corrected chi connectivity index (χ3v) is 3.61. The minimum atomic E-state index is 0.140. The van der Waals surface area contributed by atoms with Crippen molar-refractivity contribution in [2.24, 2.45) is 11.1 Å². The zero-order valence-electron chi connectivity index (χ0n) is 10.4. The van der Waals surface area contributed by atoms with E-state index >= 15 is 0 Å². The molecule has 0 heterocycles. The topological polar surface area (TPSA) is 58.4 Å². The molecule has 5 heteroatoms. The number of nitrogens with zero attached hydrogens (tertiary/aromatic N) is 1. The molecular formula is C12H21N3OS. The van der Waals surface area contributed by atoms with Gasteiger partial charge in [-0.15, -0.1) is 0 Å². The Labute approximate surface area is 108 Å². The first-order chi connectivity index (χ1) is 7.99. The molecule has 2 saturated carbocycles. The summed E-state index contributed by atoms with van der Waals surface area (Å²) in [5.74, 6) is 0.140. The minimum absolute atomic E-state index is 0.140. The van der Waals surface area contributed by atoms with Crippen LogP contribution < -0.4 is 11.1 Å². The predicted octanol–water partition coefficient (Wildman–Crippen LogP) is 0.653. The summed E-state index contributed by atoms with van der Waals surface area (Å²) in [5.41, 5.74) is 5.87. The Balaban J connectivity index is 1.70. The molecule has 0 aliphatic heterocycles. The van der Waals surface area contributed by atoms with Gasteiger partial charge in [-0.05, 0) is 38.1 Å². The van der Waals surface area contributed by atoms with E-state index in [1.165, 1.54) is 12.8 Å². The molecule has 0 unspecified atom stereocenters. The Kier molecular flexibility index (Phi) is 3.68. The second kappa shape index (κ2) is 4.90. The molecule has 2 rings (SSSR count). The summed E-state index contributed by atoms with van der Waals surface area (Å²) in [5, 5.41) is 3.00. The maximum absolute atomic E-state index is 11.6. The van der Waals surface area contributed by atoms with Gasteiger partial charge in [-0.3, -0.25) is 9.69 Å². The molecule has 2 aliphatic carbocycles. The number of likely N-dealkylation sites (N-methyl/N-ethyl adjacent to an activating group) is 1. The second-order valence-electron chi connectivity index (χ2n) is 5.66. The van der Waals surface area contributed by atoms with Crippen molar-refractivity contribution in [1.29, 1.82) is 0 Å². The first kappa shape index (κ1) is 12.8. The van der Waals surface area contributed by atoms with E-state index in [-0.39, 0.29) is 11.3 Å². The first-order valence-electron chi connectivity index (χ1n) is 6.25. The zero-order valence-corrected chi connectivity index (χ0v) is 11.2. The molecule has 0 aromatic heterocycles. The number of nitrogens with one attached hydrogen (secondary N) is 1. The van der Waals surface area contributed by atoms with E-state index < -0.39 is 0 Å². The highest BCUT2D eigenvalue weighted by Crippen LogP contribution is 2.49. The van der Waals surface area contributed by atoms with Gasteiger partial charge in [0.1, 0.15) is 0 Å². The Hall–Kier alpha value is -0.680. The van der Waals surface area contributed by atoms with Gasteiger partial charge >= 0.3 is 0 Å². The Morgan fingerprint density at radius 3 is 2.65 bits per heavy atom. The number of nitrogens with two attached hydrogens (primary N) is 1. The smallest absolute Gasteiger partial charge is 0.234 e. The van der Waals surface area contributed by atoms with E-state index in [1.807, 2.05) is 7.05 Å². The SMILES string of the molecule is CN(CC(=O)NC1CC1)CC1(CC(N)=S)CC1. The summed E-state index contributed by atoms with van der Waals surface area (Å²) in [4.78, 5) is 14.3. The minimum Gasteiger partial charge on any atom is -0.393 e. The van der Waals surface area contributed by atoms with Gasteiger partial charge in [0.05, 0.1) is 11.5 Å². The first-order valence-corrected chi connectivity index (χ1v) is 6.66. The van der Waals surface area contributed by atoms with Crippen LogP contribution in [0.2, 0.25) is 0 Å². The highest BCUT2D eigenvalue weighted by Gasteiger charge is 2.43. The van der Waals surface area contributed by atoms with Crippen molar-refractivity contribution in [1.82, 2.24) is 10.2 Å². The molecule has 17 heavy (non-hydrogen) atoms. The highest BCUT2D eigenvalue weighted by atomic mass is 32.1. The average molecular weight is 255 g/mol. The second-order valence-corrected chi connectivity index (χ2v) is 6.18. The lowest BCUT2D eigenvalue weighted by atomic mass is 10.0. The fraction of sp³-hybridized carbons (Fsp3) is 0.833. The lowest BCUT2D eigenvalue weighted by Crippen LogP contribution is -2.39. The largest absolute Gasteiger partial charge is 0.393 e. The molecule has 0 saturated heterocycles. The van der Waals surface area contributed by atoms with Crippen LogP contribution in [0.25, 0.3) is 0 Å². The van der Waals surface area contributed by atoms with Crippen molar-refractivity contribution in [2.75, 3.05) is 20.1 Å². The van der Waals surface area contributed by atoms with Crippen molar-refractivity contribution in [2.45, 2.75) is 38.1 Å². The molecular weight excluding hydrogens is 234 g/mol.